The van der Waals surface area contributed by atoms with Crippen LogP contribution in [0.2, 0.25) is 0 Å². The number of piperazine rings is 1. The summed E-state index contributed by atoms with van der Waals surface area (Å²) in [6.07, 6.45) is 0. The Balaban J connectivity index is 1.47. The van der Waals surface area contributed by atoms with Crippen molar-refractivity contribution in [1.29, 1.82) is 0 Å². The third-order valence-electron chi connectivity index (χ3n) is 4.66. The summed E-state index contributed by atoms with van der Waals surface area (Å²) in [7, 11) is 0. The second kappa shape index (κ2) is 9.29. The number of benzene rings is 2. The van der Waals surface area contributed by atoms with Gasteiger partial charge < -0.3 is 19.9 Å². The van der Waals surface area contributed by atoms with Gasteiger partial charge in [-0.05, 0) is 48.5 Å². The Morgan fingerprint density at radius 2 is 1.66 bits per heavy atom. The highest BCUT2D eigenvalue weighted by Crippen LogP contribution is 2.14. The van der Waals surface area contributed by atoms with Crippen LogP contribution in [0.1, 0.15) is 17.3 Å². The highest BCUT2D eigenvalue weighted by atomic mass is 19.1. The Morgan fingerprint density at radius 1 is 1.03 bits per heavy atom. The smallest absolute Gasteiger partial charge is 0.308 e. The van der Waals surface area contributed by atoms with Crippen molar-refractivity contribution in [2.75, 3.05) is 38.0 Å². The zero-order valence-electron chi connectivity index (χ0n) is 16.1. The molecule has 1 aliphatic heterocycles. The van der Waals surface area contributed by atoms with Crippen LogP contribution >= 0.6 is 0 Å². The molecule has 1 aliphatic rings. The maximum Gasteiger partial charge on any atom is 0.308 e. The van der Waals surface area contributed by atoms with Crippen LogP contribution in [0.15, 0.2) is 48.5 Å². The van der Waals surface area contributed by atoms with Crippen LogP contribution in [0.25, 0.3) is 0 Å². The molecule has 0 radical (unpaired) electrons. The molecule has 8 heteroatoms. The van der Waals surface area contributed by atoms with Gasteiger partial charge in [0.1, 0.15) is 11.6 Å². The van der Waals surface area contributed by atoms with E-state index in [0.29, 0.717) is 43.2 Å². The number of amides is 2. The van der Waals surface area contributed by atoms with Crippen LogP contribution in [-0.4, -0.2) is 55.4 Å². The SMILES string of the molecule is CC(=O)Oc1ccc(C(=O)N2CC[NH+](CC(=O)Nc3ccc(F)cc3)CC2)cc1. The number of quaternary nitrogens is 1. The number of esters is 1. The van der Waals surface area contributed by atoms with Gasteiger partial charge in [0.15, 0.2) is 6.54 Å². The van der Waals surface area contributed by atoms with E-state index in [1.807, 2.05) is 0 Å². The zero-order valence-corrected chi connectivity index (χ0v) is 16.1. The van der Waals surface area contributed by atoms with Crippen molar-refractivity contribution in [2.24, 2.45) is 0 Å². The fraction of sp³-hybridized carbons (Fsp3) is 0.286. The van der Waals surface area contributed by atoms with E-state index in [1.54, 1.807) is 29.2 Å². The predicted octanol–water partition coefficient (Wildman–Crippen LogP) is 0.730. The number of hydrogen-bond donors (Lipinski definition) is 2. The average Bonchev–Trinajstić information content (AvgIpc) is 2.70. The van der Waals surface area contributed by atoms with Crippen molar-refractivity contribution in [3.05, 3.63) is 59.9 Å². The molecule has 29 heavy (non-hydrogen) atoms. The van der Waals surface area contributed by atoms with Crippen molar-refractivity contribution in [3.8, 4) is 5.75 Å². The van der Waals surface area contributed by atoms with Gasteiger partial charge in [0, 0.05) is 18.2 Å². The minimum atomic E-state index is -0.411. The molecule has 1 saturated heterocycles. The fourth-order valence-electron chi connectivity index (χ4n) is 3.18. The Kier molecular flexibility index (Phi) is 6.56. The standard InChI is InChI=1S/C21H22FN3O4/c1-15(26)29-19-8-2-16(3-9-19)21(28)25-12-10-24(11-13-25)14-20(27)23-18-6-4-17(22)5-7-18/h2-9H,10-14H2,1H3,(H,23,27)/p+1. The lowest BCUT2D eigenvalue weighted by Gasteiger charge is -2.32. The summed E-state index contributed by atoms with van der Waals surface area (Å²) in [4.78, 5) is 38.6. The number of halogens is 1. The minimum Gasteiger partial charge on any atom is -0.427 e. The summed E-state index contributed by atoms with van der Waals surface area (Å²) in [6.45, 7) is 4.02. The number of nitrogens with one attached hydrogen (secondary N) is 2. The molecule has 0 aliphatic carbocycles. The van der Waals surface area contributed by atoms with Gasteiger partial charge in [-0.2, -0.15) is 0 Å². The average molecular weight is 400 g/mol. The van der Waals surface area contributed by atoms with Gasteiger partial charge in [-0.1, -0.05) is 0 Å². The van der Waals surface area contributed by atoms with E-state index in [9.17, 15) is 18.8 Å². The molecule has 0 aromatic heterocycles. The fourth-order valence-corrected chi connectivity index (χ4v) is 3.18. The highest BCUT2D eigenvalue weighted by Gasteiger charge is 2.26. The molecule has 2 N–H and O–H groups in total. The second-order valence-corrected chi connectivity index (χ2v) is 6.89. The minimum absolute atomic E-state index is 0.0887. The van der Waals surface area contributed by atoms with Gasteiger partial charge >= 0.3 is 5.97 Å². The van der Waals surface area contributed by atoms with Crippen LogP contribution in [0, 0.1) is 5.82 Å². The molecule has 0 unspecified atom stereocenters. The zero-order chi connectivity index (χ0) is 20.8. The van der Waals surface area contributed by atoms with Crippen LogP contribution in [0.4, 0.5) is 10.1 Å². The van der Waals surface area contributed by atoms with E-state index in [0.717, 1.165) is 4.90 Å². The quantitative estimate of drug-likeness (QED) is 0.573. The van der Waals surface area contributed by atoms with Gasteiger partial charge in [0.25, 0.3) is 11.8 Å². The highest BCUT2D eigenvalue weighted by molar-refractivity contribution is 5.94. The maximum atomic E-state index is 12.9. The van der Waals surface area contributed by atoms with Gasteiger partial charge in [-0.25, -0.2) is 4.39 Å². The summed E-state index contributed by atoms with van der Waals surface area (Å²) in [5, 5.41) is 2.75. The van der Waals surface area contributed by atoms with E-state index < -0.39 is 5.97 Å². The van der Waals surface area contributed by atoms with Crippen molar-refractivity contribution >= 4 is 23.5 Å². The summed E-state index contributed by atoms with van der Waals surface area (Å²) < 4.78 is 17.9. The van der Waals surface area contributed by atoms with Crippen molar-refractivity contribution in [3.63, 3.8) is 0 Å². The van der Waals surface area contributed by atoms with E-state index in [2.05, 4.69) is 5.32 Å². The molecule has 0 atom stereocenters. The normalized spacial score (nSPS) is 14.3. The number of nitrogens with zero attached hydrogens (tertiary/aromatic N) is 1. The summed E-state index contributed by atoms with van der Waals surface area (Å²) in [6, 6.07) is 12.1. The lowest BCUT2D eigenvalue weighted by atomic mass is 10.1. The van der Waals surface area contributed by atoms with Crippen LogP contribution in [-0.2, 0) is 9.59 Å². The van der Waals surface area contributed by atoms with Crippen LogP contribution < -0.4 is 15.0 Å². The van der Waals surface area contributed by atoms with Gasteiger partial charge in [-0.15, -0.1) is 0 Å². The van der Waals surface area contributed by atoms with Crippen molar-refractivity contribution < 1.29 is 28.4 Å². The number of ether oxygens (including phenoxy) is 1. The molecule has 152 valence electrons. The molecule has 3 rings (SSSR count). The van der Waals surface area contributed by atoms with Gasteiger partial charge in [0.05, 0.1) is 26.2 Å². The first-order valence-corrected chi connectivity index (χ1v) is 9.37. The first-order chi connectivity index (χ1) is 13.9. The first kappa shape index (κ1) is 20.5. The Morgan fingerprint density at radius 3 is 2.24 bits per heavy atom. The molecule has 0 bridgehead atoms. The van der Waals surface area contributed by atoms with Crippen molar-refractivity contribution in [1.82, 2.24) is 4.90 Å². The molecule has 2 aromatic carbocycles. The molecule has 1 fully saturated rings. The second-order valence-electron chi connectivity index (χ2n) is 6.89. The Bertz CT molecular complexity index is 876. The molecular weight excluding hydrogens is 377 g/mol. The maximum absolute atomic E-state index is 12.9. The molecule has 0 saturated carbocycles. The van der Waals surface area contributed by atoms with Gasteiger partial charge in [0.2, 0.25) is 0 Å². The van der Waals surface area contributed by atoms with E-state index in [1.165, 1.54) is 31.2 Å². The van der Waals surface area contributed by atoms with Gasteiger partial charge in [-0.3, -0.25) is 14.4 Å². The number of carbonyl (C=O) groups excluding carboxylic acids is 3. The Labute approximate surface area is 168 Å². The first-order valence-electron chi connectivity index (χ1n) is 9.37. The third-order valence-corrected chi connectivity index (χ3v) is 4.66. The number of hydrogen-bond acceptors (Lipinski definition) is 4. The van der Waals surface area contributed by atoms with E-state index >= 15 is 0 Å². The largest absolute Gasteiger partial charge is 0.427 e. The molecular formula is C21H23FN3O4+. The molecule has 2 aromatic rings. The van der Waals surface area contributed by atoms with Crippen molar-refractivity contribution in [2.45, 2.75) is 6.92 Å². The topological polar surface area (TPSA) is 80.2 Å². The summed E-state index contributed by atoms with van der Waals surface area (Å²) in [5.74, 6) is -0.598. The number of anilines is 1. The number of rotatable bonds is 5. The van der Waals surface area contributed by atoms with Crippen LogP contribution in [0.5, 0.6) is 5.75 Å². The molecule has 0 spiro atoms. The molecule has 1 heterocycles. The third kappa shape index (κ3) is 5.86. The predicted molar refractivity (Wildman–Crippen MR) is 104 cm³/mol. The lowest BCUT2D eigenvalue weighted by Crippen LogP contribution is -3.15. The van der Waals surface area contributed by atoms with E-state index in [4.69, 9.17) is 4.74 Å². The number of carbonyl (C=O) groups is 3. The van der Waals surface area contributed by atoms with E-state index in [-0.39, 0.29) is 24.2 Å². The monoisotopic (exact) mass is 400 g/mol. The summed E-state index contributed by atoms with van der Waals surface area (Å²) in [5.41, 5.74) is 1.08. The molecule has 7 nitrogen and oxygen atoms in total. The summed E-state index contributed by atoms with van der Waals surface area (Å²) >= 11 is 0. The van der Waals surface area contributed by atoms with Crippen LogP contribution in [0.3, 0.4) is 0 Å². The Hall–Kier alpha value is -3.26. The lowest BCUT2D eigenvalue weighted by molar-refractivity contribution is -0.895. The molecule has 2 amide bonds.